The maximum Gasteiger partial charge on any atom is 0.319 e. The number of rotatable bonds is 7. The molecule has 0 saturated carbocycles. The lowest BCUT2D eigenvalue weighted by atomic mass is 9.87. The van der Waals surface area contributed by atoms with Gasteiger partial charge in [0.05, 0.1) is 6.42 Å². The van der Waals surface area contributed by atoms with Gasteiger partial charge >= 0.3 is 12.0 Å². The van der Waals surface area contributed by atoms with Gasteiger partial charge in [-0.2, -0.15) is 0 Å². The summed E-state index contributed by atoms with van der Waals surface area (Å²) in [7, 11) is 0. The molecule has 0 atom stereocenters. The van der Waals surface area contributed by atoms with Crippen LogP contribution < -0.4 is 16.0 Å². The van der Waals surface area contributed by atoms with Gasteiger partial charge in [-0.05, 0) is 35.2 Å². The number of para-hydroxylation sites is 1. The topological polar surface area (TPSA) is 96.5 Å². The highest BCUT2D eigenvalue weighted by atomic mass is 16.5. The van der Waals surface area contributed by atoms with E-state index in [9.17, 15) is 14.4 Å². The number of hydrogen-bond donors (Lipinski definition) is 3. The molecule has 0 aliphatic carbocycles. The Hall–Kier alpha value is -3.35. The Morgan fingerprint density at radius 1 is 0.862 bits per heavy atom. The minimum absolute atomic E-state index is 0.0318. The highest BCUT2D eigenvalue weighted by Gasteiger charge is 2.13. The number of benzene rings is 2. The van der Waals surface area contributed by atoms with Crippen molar-refractivity contribution in [3.8, 4) is 0 Å². The number of nitrogens with one attached hydrogen (secondary N) is 3. The average molecular weight is 397 g/mol. The summed E-state index contributed by atoms with van der Waals surface area (Å²) in [5.74, 6) is -0.986. The molecule has 0 radical (unpaired) electrons. The van der Waals surface area contributed by atoms with Crippen molar-refractivity contribution in [3.05, 3.63) is 60.2 Å². The molecule has 0 bridgehead atoms. The Kier molecular flexibility index (Phi) is 7.77. The number of hydrogen-bond acceptors (Lipinski definition) is 4. The summed E-state index contributed by atoms with van der Waals surface area (Å²) >= 11 is 0. The molecule has 2 rings (SSSR count). The van der Waals surface area contributed by atoms with Crippen LogP contribution in [0.3, 0.4) is 0 Å². The van der Waals surface area contributed by atoms with Crippen LogP contribution in [0, 0.1) is 0 Å². The van der Waals surface area contributed by atoms with E-state index in [0.29, 0.717) is 11.4 Å². The number of anilines is 2. The lowest BCUT2D eigenvalue weighted by Gasteiger charge is -2.19. The van der Waals surface area contributed by atoms with Gasteiger partial charge in [0.2, 0.25) is 0 Å². The summed E-state index contributed by atoms with van der Waals surface area (Å²) in [6, 6.07) is 16.1. The van der Waals surface area contributed by atoms with Crippen molar-refractivity contribution in [2.24, 2.45) is 0 Å². The van der Waals surface area contributed by atoms with E-state index in [4.69, 9.17) is 4.74 Å². The third-order valence-corrected chi connectivity index (χ3v) is 4.05. The van der Waals surface area contributed by atoms with Gasteiger partial charge in [-0.1, -0.05) is 51.1 Å². The van der Waals surface area contributed by atoms with Gasteiger partial charge in [-0.15, -0.1) is 0 Å². The predicted molar refractivity (Wildman–Crippen MR) is 113 cm³/mol. The van der Waals surface area contributed by atoms with Crippen LogP contribution in [0.25, 0.3) is 0 Å². The van der Waals surface area contributed by atoms with Crippen molar-refractivity contribution in [3.63, 3.8) is 0 Å². The maximum absolute atomic E-state index is 11.9. The fourth-order valence-corrected chi connectivity index (χ4v) is 2.44. The van der Waals surface area contributed by atoms with E-state index in [1.165, 1.54) is 0 Å². The molecule has 7 heteroatoms. The molecular weight excluding hydrogens is 370 g/mol. The monoisotopic (exact) mass is 397 g/mol. The number of carbonyl (C=O) groups excluding carboxylic acids is 3. The van der Waals surface area contributed by atoms with Gasteiger partial charge < -0.3 is 20.7 Å². The van der Waals surface area contributed by atoms with Gasteiger partial charge in [-0.3, -0.25) is 9.59 Å². The standard InChI is InChI=1S/C22H27N3O4/c1-22(2,3)16-9-11-18(12-10-16)24-19(26)15-29-20(27)13-14-23-21(28)25-17-7-5-4-6-8-17/h4-12H,13-15H2,1-3H3,(H,24,26)(H2,23,25,28). The summed E-state index contributed by atoms with van der Waals surface area (Å²) < 4.78 is 4.93. The quantitative estimate of drug-likeness (QED) is 0.621. The first-order valence-corrected chi connectivity index (χ1v) is 9.40. The van der Waals surface area contributed by atoms with E-state index in [-0.39, 0.29) is 25.0 Å². The zero-order chi connectivity index (χ0) is 21.3. The normalized spacial score (nSPS) is 10.7. The molecule has 0 spiro atoms. The predicted octanol–water partition coefficient (Wildman–Crippen LogP) is 3.68. The number of urea groups is 1. The summed E-state index contributed by atoms with van der Waals surface area (Å²) in [6.45, 7) is 6.06. The first-order chi connectivity index (χ1) is 13.7. The Morgan fingerprint density at radius 3 is 2.10 bits per heavy atom. The summed E-state index contributed by atoms with van der Waals surface area (Å²) in [4.78, 5) is 35.3. The smallest absolute Gasteiger partial charge is 0.319 e. The summed E-state index contributed by atoms with van der Waals surface area (Å²) in [6.07, 6.45) is -0.0320. The molecule has 0 aromatic heterocycles. The molecule has 29 heavy (non-hydrogen) atoms. The van der Waals surface area contributed by atoms with E-state index < -0.39 is 17.9 Å². The molecule has 7 nitrogen and oxygen atoms in total. The van der Waals surface area contributed by atoms with Crippen LogP contribution in [0.4, 0.5) is 16.2 Å². The molecule has 2 aromatic carbocycles. The van der Waals surface area contributed by atoms with E-state index in [2.05, 4.69) is 36.7 Å². The average Bonchev–Trinajstić information content (AvgIpc) is 2.67. The fraction of sp³-hybridized carbons (Fsp3) is 0.318. The second-order valence-electron chi connectivity index (χ2n) is 7.53. The minimum atomic E-state index is -0.566. The van der Waals surface area contributed by atoms with E-state index in [1.807, 2.05) is 30.3 Å². The van der Waals surface area contributed by atoms with Crippen LogP contribution in [0.2, 0.25) is 0 Å². The highest BCUT2D eigenvalue weighted by molar-refractivity contribution is 5.93. The van der Waals surface area contributed by atoms with Crippen LogP contribution >= 0.6 is 0 Å². The zero-order valence-electron chi connectivity index (χ0n) is 17.0. The molecular formula is C22H27N3O4. The van der Waals surface area contributed by atoms with Crippen molar-refractivity contribution >= 4 is 29.3 Å². The molecule has 2 aromatic rings. The van der Waals surface area contributed by atoms with Crippen molar-refractivity contribution in [2.45, 2.75) is 32.6 Å². The first-order valence-electron chi connectivity index (χ1n) is 9.40. The molecule has 3 N–H and O–H groups in total. The van der Waals surface area contributed by atoms with Crippen LogP contribution in [-0.4, -0.2) is 31.1 Å². The minimum Gasteiger partial charge on any atom is -0.456 e. The Morgan fingerprint density at radius 2 is 1.48 bits per heavy atom. The number of carbonyl (C=O) groups is 3. The van der Waals surface area contributed by atoms with Crippen LogP contribution in [0.1, 0.15) is 32.8 Å². The van der Waals surface area contributed by atoms with Gasteiger partial charge in [0.1, 0.15) is 0 Å². The van der Waals surface area contributed by atoms with Crippen LogP contribution in [0.5, 0.6) is 0 Å². The second-order valence-corrected chi connectivity index (χ2v) is 7.53. The lowest BCUT2D eigenvalue weighted by molar-refractivity contribution is -0.147. The van der Waals surface area contributed by atoms with Crippen LogP contribution in [0.15, 0.2) is 54.6 Å². The largest absolute Gasteiger partial charge is 0.456 e. The number of ether oxygens (including phenoxy) is 1. The molecule has 154 valence electrons. The van der Waals surface area contributed by atoms with Gasteiger partial charge in [0.15, 0.2) is 6.61 Å². The fourth-order valence-electron chi connectivity index (χ4n) is 2.44. The third-order valence-electron chi connectivity index (χ3n) is 4.05. The molecule has 0 aliphatic rings. The Labute approximate surface area is 170 Å². The molecule has 0 unspecified atom stereocenters. The van der Waals surface area contributed by atoms with Crippen molar-refractivity contribution in [2.75, 3.05) is 23.8 Å². The number of amides is 3. The zero-order valence-corrected chi connectivity index (χ0v) is 17.0. The third kappa shape index (κ3) is 8.04. The molecule has 0 saturated heterocycles. The Bertz CT molecular complexity index is 827. The van der Waals surface area contributed by atoms with Gasteiger partial charge in [-0.25, -0.2) is 4.79 Å². The van der Waals surface area contributed by atoms with Crippen molar-refractivity contribution < 1.29 is 19.1 Å². The molecule has 0 heterocycles. The van der Waals surface area contributed by atoms with Crippen LogP contribution in [-0.2, 0) is 19.7 Å². The lowest BCUT2D eigenvalue weighted by Crippen LogP contribution is -2.31. The van der Waals surface area contributed by atoms with E-state index in [0.717, 1.165) is 5.56 Å². The summed E-state index contributed by atoms with van der Waals surface area (Å²) in [5, 5.41) is 7.88. The van der Waals surface area contributed by atoms with E-state index in [1.54, 1.807) is 24.3 Å². The first kappa shape index (κ1) is 21.9. The summed E-state index contributed by atoms with van der Waals surface area (Å²) in [5.41, 5.74) is 2.48. The van der Waals surface area contributed by atoms with Gasteiger partial charge in [0, 0.05) is 17.9 Å². The van der Waals surface area contributed by atoms with Gasteiger partial charge in [0.25, 0.3) is 5.91 Å². The molecule has 0 fully saturated rings. The van der Waals surface area contributed by atoms with E-state index >= 15 is 0 Å². The Balaban J connectivity index is 1.64. The SMILES string of the molecule is CC(C)(C)c1ccc(NC(=O)COC(=O)CCNC(=O)Nc2ccccc2)cc1. The second kappa shape index (κ2) is 10.3. The molecule has 3 amide bonds. The maximum atomic E-state index is 11.9. The van der Waals surface area contributed by atoms with Crippen molar-refractivity contribution in [1.29, 1.82) is 0 Å². The molecule has 0 aliphatic heterocycles. The number of esters is 1. The highest BCUT2D eigenvalue weighted by Crippen LogP contribution is 2.23. The van der Waals surface area contributed by atoms with Crippen molar-refractivity contribution in [1.82, 2.24) is 5.32 Å².